The van der Waals surface area contributed by atoms with Crippen molar-refractivity contribution in [2.24, 2.45) is 0 Å². The molecule has 1 aromatic carbocycles. The molecule has 2 heteroatoms. The van der Waals surface area contributed by atoms with Crippen molar-refractivity contribution in [3.63, 3.8) is 0 Å². The van der Waals surface area contributed by atoms with E-state index in [2.05, 4.69) is 35.8 Å². The number of aryl methyl sites for hydroxylation is 1. The van der Waals surface area contributed by atoms with Crippen LogP contribution in [0.3, 0.4) is 0 Å². The minimum Gasteiger partial charge on any atom is -0.360 e. The summed E-state index contributed by atoms with van der Waals surface area (Å²) in [7, 11) is 0. The number of nitrogens with one attached hydrogen (secondary N) is 2. The first-order valence-electron chi connectivity index (χ1n) is 3.32. The third-order valence-electron chi connectivity index (χ3n) is 1.63. The molecule has 0 saturated heterocycles. The molecule has 0 fully saturated rings. The SMILES string of the molecule is Cc1ccc2c(c1)N[CH]N2. The van der Waals surface area contributed by atoms with Crippen LogP contribution in [0.15, 0.2) is 18.2 Å². The summed E-state index contributed by atoms with van der Waals surface area (Å²) in [5.41, 5.74) is 3.61. The summed E-state index contributed by atoms with van der Waals surface area (Å²) in [6.07, 6.45) is 0. The van der Waals surface area contributed by atoms with Gasteiger partial charge in [-0.3, -0.25) is 0 Å². The van der Waals surface area contributed by atoms with Crippen molar-refractivity contribution >= 4 is 11.4 Å². The maximum atomic E-state index is 3.10. The fraction of sp³-hybridized carbons (Fsp3) is 0.125. The number of anilines is 2. The van der Waals surface area contributed by atoms with Gasteiger partial charge in [-0.1, -0.05) is 6.07 Å². The van der Waals surface area contributed by atoms with Crippen molar-refractivity contribution in [3.05, 3.63) is 30.4 Å². The third kappa shape index (κ3) is 0.727. The van der Waals surface area contributed by atoms with Crippen molar-refractivity contribution in [2.75, 3.05) is 10.6 Å². The molecule has 1 heterocycles. The molecule has 0 atom stereocenters. The Labute approximate surface area is 60.3 Å². The Bertz CT molecular complexity index is 255. The van der Waals surface area contributed by atoms with E-state index in [4.69, 9.17) is 0 Å². The van der Waals surface area contributed by atoms with Gasteiger partial charge in [-0.2, -0.15) is 0 Å². The Morgan fingerprint density at radius 1 is 1.10 bits per heavy atom. The zero-order valence-electron chi connectivity index (χ0n) is 5.81. The van der Waals surface area contributed by atoms with Gasteiger partial charge in [0.25, 0.3) is 0 Å². The van der Waals surface area contributed by atoms with Gasteiger partial charge in [-0.25, -0.2) is 0 Å². The third-order valence-corrected chi connectivity index (χ3v) is 1.63. The van der Waals surface area contributed by atoms with E-state index in [1.54, 1.807) is 0 Å². The van der Waals surface area contributed by atoms with Crippen molar-refractivity contribution < 1.29 is 0 Å². The van der Waals surface area contributed by atoms with Crippen LogP contribution in [0.2, 0.25) is 0 Å². The molecule has 1 aliphatic rings. The van der Waals surface area contributed by atoms with Crippen LogP contribution in [0, 0.1) is 13.6 Å². The molecular weight excluding hydrogens is 124 g/mol. The van der Waals surface area contributed by atoms with Gasteiger partial charge in [-0.15, -0.1) is 0 Å². The van der Waals surface area contributed by atoms with Crippen LogP contribution >= 0.6 is 0 Å². The quantitative estimate of drug-likeness (QED) is 0.565. The van der Waals surface area contributed by atoms with E-state index < -0.39 is 0 Å². The molecule has 1 radical (unpaired) electrons. The van der Waals surface area contributed by atoms with E-state index in [1.165, 1.54) is 11.3 Å². The average Bonchev–Trinajstić information content (AvgIpc) is 2.33. The van der Waals surface area contributed by atoms with Crippen LogP contribution < -0.4 is 10.6 Å². The zero-order valence-corrected chi connectivity index (χ0v) is 5.81. The Kier molecular flexibility index (Phi) is 1.07. The molecule has 0 aliphatic carbocycles. The average molecular weight is 133 g/mol. The normalized spacial score (nSPS) is 13.7. The molecule has 2 rings (SSSR count). The molecule has 0 unspecified atom stereocenters. The second-order valence-electron chi connectivity index (χ2n) is 2.48. The second-order valence-corrected chi connectivity index (χ2v) is 2.48. The number of fused-ring (bicyclic) bond motifs is 1. The molecule has 0 amide bonds. The molecule has 51 valence electrons. The molecule has 0 spiro atoms. The van der Waals surface area contributed by atoms with Crippen LogP contribution in [0.1, 0.15) is 5.56 Å². The number of hydrogen-bond donors (Lipinski definition) is 2. The Morgan fingerprint density at radius 3 is 2.80 bits per heavy atom. The molecule has 2 nitrogen and oxygen atoms in total. The summed E-state index contributed by atoms with van der Waals surface area (Å²) in [6, 6.07) is 6.28. The standard InChI is InChI=1S/C8H9N2/c1-6-2-3-7-8(4-6)10-5-9-7/h2-5,9-10H,1H3. The maximum absolute atomic E-state index is 3.10. The van der Waals surface area contributed by atoms with Gasteiger partial charge in [0.2, 0.25) is 0 Å². The van der Waals surface area contributed by atoms with E-state index in [1.807, 2.05) is 6.67 Å². The van der Waals surface area contributed by atoms with Crippen LogP contribution in [-0.4, -0.2) is 0 Å². The Balaban J connectivity index is 2.52. The van der Waals surface area contributed by atoms with Gasteiger partial charge in [0.15, 0.2) is 0 Å². The smallest absolute Gasteiger partial charge is 0.136 e. The largest absolute Gasteiger partial charge is 0.360 e. The molecule has 1 aliphatic heterocycles. The van der Waals surface area contributed by atoms with E-state index in [0.29, 0.717) is 0 Å². The second kappa shape index (κ2) is 1.90. The Hall–Kier alpha value is -1.18. The summed E-state index contributed by atoms with van der Waals surface area (Å²) >= 11 is 0. The highest BCUT2D eigenvalue weighted by Gasteiger charge is 2.07. The minimum atomic E-state index is 1.16. The molecule has 10 heavy (non-hydrogen) atoms. The molecular formula is C8H9N2. The Morgan fingerprint density at radius 2 is 1.90 bits per heavy atom. The number of benzene rings is 1. The summed E-state index contributed by atoms with van der Waals surface area (Å²) in [5, 5.41) is 6.20. The molecule has 1 aromatic rings. The topological polar surface area (TPSA) is 24.1 Å². The highest BCUT2D eigenvalue weighted by Crippen LogP contribution is 2.27. The number of rotatable bonds is 0. The predicted molar refractivity (Wildman–Crippen MR) is 42.7 cm³/mol. The zero-order chi connectivity index (χ0) is 6.97. The fourth-order valence-electron chi connectivity index (χ4n) is 1.09. The lowest BCUT2D eigenvalue weighted by molar-refractivity contribution is 1.48. The van der Waals surface area contributed by atoms with E-state index in [-0.39, 0.29) is 0 Å². The van der Waals surface area contributed by atoms with Crippen molar-refractivity contribution in [3.8, 4) is 0 Å². The maximum Gasteiger partial charge on any atom is 0.136 e. The van der Waals surface area contributed by atoms with E-state index >= 15 is 0 Å². The minimum absolute atomic E-state index is 1.16. The van der Waals surface area contributed by atoms with E-state index in [9.17, 15) is 0 Å². The predicted octanol–water partition coefficient (Wildman–Crippen LogP) is 1.95. The lowest BCUT2D eigenvalue weighted by atomic mass is 10.2. The summed E-state index contributed by atoms with van der Waals surface area (Å²) in [6.45, 7) is 3.92. The highest BCUT2D eigenvalue weighted by atomic mass is 15.1. The molecule has 0 aromatic heterocycles. The van der Waals surface area contributed by atoms with E-state index in [0.717, 1.165) is 5.69 Å². The first-order valence-corrected chi connectivity index (χ1v) is 3.32. The van der Waals surface area contributed by atoms with Crippen LogP contribution in [0.5, 0.6) is 0 Å². The summed E-state index contributed by atoms with van der Waals surface area (Å²) < 4.78 is 0. The van der Waals surface area contributed by atoms with Crippen molar-refractivity contribution in [2.45, 2.75) is 6.92 Å². The van der Waals surface area contributed by atoms with Gasteiger partial charge < -0.3 is 10.6 Å². The summed E-state index contributed by atoms with van der Waals surface area (Å²) in [5.74, 6) is 0. The first-order chi connectivity index (χ1) is 4.86. The fourth-order valence-corrected chi connectivity index (χ4v) is 1.09. The summed E-state index contributed by atoms with van der Waals surface area (Å²) in [4.78, 5) is 0. The first kappa shape index (κ1) is 5.59. The highest BCUT2D eigenvalue weighted by molar-refractivity contribution is 5.75. The van der Waals surface area contributed by atoms with Crippen LogP contribution in [-0.2, 0) is 0 Å². The lowest BCUT2D eigenvalue weighted by Crippen LogP contribution is -1.89. The van der Waals surface area contributed by atoms with Crippen molar-refractivity contribution in [1.29, 1.82) is 0 Å². The van der Waals surface area contributed by atoms with Gasteiger partial charge in [0.05, 0.1) is 11.4 Å². The van der Waals surface area contributed by atoms with Crippen LogP contribution in [0.4, 0.5) is 11.4 Å². The number of hydrogen-bond acceptors (Lipinski definition) is 2. The molecule has 2 N–H and O–H groups in total. The molecule has 0 saturated carbocycles. The van der Waals surface area contributed by atoms with Crippen molar-refractivity contribution in [1.82, 2.24) is 0 Å². The lowest BCUT2D eigenvalue weighted by Gasteiger charge is -1.97. The molecule has 0 bridgehead atoms. The van der Waals surface area contributed by atoms with Gasteiger partial charge in [0, 0.05) is 0 Å². The monoisotopic (exact) mass is 133 g/mol. The van der Waals surface area contributed by atoms with Gasteiger partial charge >= 0.3 is 0 Å². The van der Waals surface area contributed by atoms with Gasteiger partial charge in [-0.05, 0) is 24.6 Å². The van der Waals surface area contributed by atoms with Crippen LogP contribution in [0.25, 0.3) is 0 Å². The van der Waals surface area contributed by atoms with Gasteiger partial charge in [0.1, 0.15) is 6.67 Å².